The predicted molar refractivity (Wildman–Crippen MR) is 161 cm³/mol. The monoisotopic (exact) mass is 713 g/mol. The van der Waals surface area contributed by atoms with E-state index < -0.39 is 93.9 Å². The summed E-state index contributed by atoms with van der Waals surface area (Å²) < 4.78 is 45.5. The van der Waals surface area contributed by atoms with E-state index in [1.54, 1.807) is 11.5 Å². The quantitative estimate of drug-likeness (QED) is 0.142. The third kappa shape index (κ3) is 4.92. The minimum absolute atomic E-state index is 0.0196. The van der Waals surface area contributed by atoms with Crippen LogP contribution in [0.5, 0.6) is 0 Å². The van der Waals surface area contributed by atoms with Gasteiger partial charge in [-0.05, 0) is 31.1 Å². The number of aromatic amines is 1. The van der Waals surface area contributed by atoms with Crippen LogP contribution in [0.3, 0.4) is 0 Å². The van der Waals surface area contributed by atoms with Crippen molar-refractivity contribution < 1.29 is 47.4 Å². The van der Waals surface area contributed by atoms with Crippen LogP contribution < -0.4 is 11.3 Å². The average Bonchev–Trinajstić information content (AvgIpc) is 3.30. The number of nitrogens with two attached hydrogens (primary N) is 1. The molecule has 2 saturated heterocycles. The fourth-order valence-electron chi connectivity index (χ4n) is 7.28. The Bertz CT molecular complexity index is 2060. The highest BCUT2D eigenvalue weighted by Gasteiger charge is 2.74. The van der Waals surface area contributed by atoms with E-state index in [4.69, 9.17) is 40.4 Å². The summed E-state index contributed by atoms with van der Waals surface area (Å²) in [6.07, 6.45) is -1.80. The molecule has 2 aliphatic carbocycles. The molecule has 8 rings (SSSR count). The minimum Gasteiger partial charge on any atom is -0.396 e. The number of rotatable bonds is 3. The largest absolute Gasteiger partial charge is 0.472 e. The summed E-state index contributed by atoms with van der Waals surface area (Å²) in [4.78, 5) is 58.3. The van der Waals surface area contributed by atoms with E-state index in [1.165, 1.54) is 23.5 Å². The Kier molecular flexibility index (Phi) is 7.28. The first-order valence-corrected chi connectivity index (χ1v) is 18.6. The van der Waals surface area contributed by atoms with Crippen molar-refractivity contribution in [3.63, 3.8) is 0 Å². The highest BCUT2D eigenvalue weighted by atomic mass is 32.5. The molecule has 4 aromatic heterocycles. The molecule has 47 heavy (non-hydrogen) atoms. The molecule has 4 fully saturated rings. The van der Waals surface area contributed by atoms with Crippen LogP contribution in [0.2, 0.25) is 0 Å². The molecule has 6 heterocycles. The van der Waals surface area contributed by atoms with Gasteiger partial charge in [-0.3, -0.25) is 18.4 Å². The van der Waals surface area contributed by atoms with Crippen LogP contribution >= 0.6 is 14.5 Å². The lowest BCUT2D eigenvalue weighted by Gasteiger charge is -2.31. The van der Waals surface area contributed by atoms with Gasteiger partial charge in [-0.25, -0.2) is 29.5 Å². The zero-order valence-corrected chi connectivity index (χ0v) is 26.9. The zero-order chi connectivity index (χ0) is 33.0. The second kappa shape index (κ2) is 10.9. The maximum atomic E-state index is 13.6. The summed E-state index contributed by atoms with van der Waals surface area (Å²) in [7, 11) is -4.93. The molecule has 2 bridgehead atoms. The Morgan fingerprint density at radius 1 is 1.11 bits per heavy atom. The van der Waals surface area contributed by atoms with E-state index >= 15 is 0 Å². The van der Waals surface area contributed by atoms with Gasteiger partial charge in [0.1, 0.15) is 36.0 Å². The van der Waals surface area contributed by atoms with Gasteiger partial charge in [-0.15, -0.1) is 0 Å². The lowest BCUT2D eigenvalue weighted by Crippen LogP contribution is -2.40. The highest BCUT2D eigenvalue weighted by Crippen LogP contribution is 2.68. The lowest BCUT2D eigenvalue weighted by molar-refractivity contribution is -0.0597. The van der Waals surface area contributed by atoms with Gasteiger partial charge in [0.2, 0.25) is 0 Å². The number of nitrogens with one attached hydrogen (secondary N) is 1. The Morgan fingerprint density at radius 2 is 1.89 bits per heavy atom. The standard InChI is InChI=1S/C24H29N9O11P2S/c1-9-30-21-15(22(36)31-9)28-7-32(21)23-17-10(3-34)13(42-23)5-41-46(39,47)44-16-11(4-40-45(37,38)43-17)12-2-24(12,18(16)35)33-8-29-14-19(25)26-6-27-20(14)33/h6-8,10-13,16-18,23,34-35H,2-5H2,1H3,(H,37,38)(H,39,47)(H2,25,26,27)(H,30,31,36)/t10-,11+,12+,13-,16-,17-,18-,23-,24+,46?/m1/s1. The Morgan fingerprint density at radius 3 is 2.68 bits per heavy atom. The van der Waals surface area contributed by atoms with Crippen molar-refractivity contribution >= 4 is 54.5 Å². The number of phosphoric ester groups is 1. The number of hydrogen-bond acceptors (Lipinski definition) is 16. The summed E-state index contributed by atoms with van der Waals surface area (Å²) in [6, 6.07) is 0. The average molecular weight is 714 g/mol. The minimum atomic E-state index is -4.93. The number of phosphoric acid groups is 1. The molecule has 11 atom stereocenters. The Hall–Kier alpha value is -2.78. The number of H-pyrrole nitrogens is 1. The molecule has 20 nitrogen and oxygen atoms in total. The van der Waals surface area contributed by atoms with Gasteiger partial charge < -0.3 is 49.1 Å². The van der Waals surface area contributed by atoms with E-state index in [0.717, 1.165) is 0 Å². The number of hydrogen-bond donors (Lipinski definition) is 6. The van der Waals surface area contributed by atoms with E-state index in [2.05, 4.69) is 29.9 Å². The molecular weight excluding hydrogens is 684 g/mol. The molecule has 0 spiro atoms. The van der Waals surface area contributed by atoms with Crippen LogP contribution in [0, 0.1) is 24.7 Å². The molecule has 23 heteroatoms. The van der Waals surface area contributed by atoms with Crippen LogP contribution in [0.25, 0.3) is 22.3 Å². The topological polar surface area (TPSA) is 277 Å². The molecule has 4 aromatic rings. The van der Waals surface area contributed by atoms with Gasteiger partial charge >= 0.3 is 14.5 Å². The van der Waals surface area contributed by atoms with E-state index in [1.807, 2.05) is 0 Å². The number of aliphatic hydroxyl groups excluding tert-OH is 2. The van der Waals surface area contributed by atoms with E-state index in [9.17, 15) is 29.4 Å². The number of aliphatic hydroxyl groups is 2. The summed E-state index contributed by atoms with van der Waals surface area (Å²) in [6.45, 7) is -4.06. The van der Waals surface area contributed by atoms with Gasteiger partial charge in [-0.1, -0.05) is 0 Å². The van der Waals surface area contributed by atoms with Gasteiger partial charge in [0, 0.05) is 11.8 Å². The van der Waals surface area contributed by atoms with E-state index in [-0.39, 0.29) is 22.8 Å². The Labute approximate surface area is 268 Å². The highest BCUT2D eigenvalue weighted by molar-refractivity contribution is 8.07. The molecule has 4 aliphatic rings. The van der Waals surface area contributed by atoms with Gasteiger partial charge in [-0.2, -0.15) is 0 Å². The summed E-state index contributed by atoms with van der Waals surface area (Å²) in [5, 5.41) is 22.1. The molecular formula is C24H29N9O11P2S. The van der Waals surface area contributed by atoms with Crippen molar-refractivity contribution in [2.45, 2.75) is 49.5 Å². The first kappa shape index (κ1) is 31.5. The molecule has 7 N–H and O–H groups in total. The van der Waals surface area contributed by atoms with Crippen molar-refractivity contribution in [2.75, 3.05) is 25.6 Å². The van der Waals surface area contributed by atoms with Crippen molar-refractivity contribution in [2.24, 2.45) is 17.8 Å². The fourth-order valence-corrected chi connectivity index (χ4v) is 9.73. The van der Waals surface area contributed by atoms with Crippen molar-refractivity contribution in [1.82, 2.24) is 39.0 Å². The van der Waals surface area contributed by atoms with Crippen LogP contribution in [-0.2, 0) is 44.7 Å². The molecule has 0 amide bonds. The summed E-state index contributed by atoms with van der Waals surface area (Å²) in [5.74, 6) is -1.77. The van der Waals surface area contributed by atoms with Gasteiger partial charge in [0.15, 0.2) is 28.9 Å². The number of nitrogens with zero attached hydrogens (tertiary/aromatic N) is 7. The molecule has 0 aromatic carbocycles. The van der Waals surface area contributed by atoms with Crippen LogP contribution in [-0.4, -0.2) is 103 Å². The summed E-state index contributed by atoms with van der Waals surface area (Å²) in [5.41, 5.74) is 5.18. The molecule has 252 valence electrons. The number of aromatic nitrogens is 8. The zero-order valence-electron chi connectivity index (χ0n) is 24.3. The maximum Gasteiger partial charge on any atom is 0.472 e. The van der Waals surface area contributed by atoms with Gasteiger partial charge in [0.25, 0.3) is 5.56 Å². The normalized spacial score (nSPS) is 40.4. The molecule has 0 radical (unpaired) electrons. The SMILES string of the molecule is Cc1nc2c(ncn2[C@@H]2O[C@@H]3COP(O)(=S)O[C@@H]4[C@@H](COP(=O)(O)O[C@@H]2[C@@H]3CO)[C@@H]2C[C@@]2(n2cnc3c(N)ncnc32)[C@@H]4O)c(=O)[nH]1. The van der Waals surface area contributed by atoms with Crippen molar-refractivity contribution in [3.05, 3.63) is 35.2 Å². The first-order valence-electron chi connectivity index (χ1n) is 14.5. The predicted octanol–water partition coefficient (Wildman–Crippen LogP) is -0.804. The van der Waals surface area contributed by atoms with E-state index in [0.29, 0.717) is 17.6 Å². The number of nitrogen functional groups attached to an aromatic ring is 1. The van der Waals surface area contributed by atoms with Gasteiger partial charge in [0.05, 0.1) is 44.1 Å². The third-order valence-corrected chi connectivity index (χ3v) is 12.0. The van der Waals surface area contributed by atoms with Crippen LogP contribution in [0.15, 0.2) is 23.8 Å². The second-order valence-electron chi connectivity index (χ2n) is 12.0. The lowest BCUT2D eigenvalue weighted by atomic mass is 9.99. The maximum absolute atomic E-state index is 13.6. The number of ether oxygens (including phenoxy) is 1. The Balaban J connectivity index is 1.15. The molecule has 2 unspecified atom stereocenters. The fraction of sp³-hybridized carbons (Fsp3) is 0.583. The smallest absolute Gasteiger partial charge is 0.396 e. The third-order valence-electron chi connectivity index (χ3n) is 9.47. The number of aryl methyl sites for hydroxylation is 1. The number of imidazole rings is 2. The first-order chi connectivity index (χ1) is 22.3. The van der Waals surface area contributed by atoms with Crippen molar-refractivity contribution in [1.29, 1.82) is 0 Å². The van der Waals surface area contributed by atoms with Crippen molar-refractivity contribution in [3.8, 4) is 0 Å². The molecule has 2 saturated carbocycles. The number of fused-ring (bicyclic) bond motifs is 7. The number of anilines is 1. The summed E-state index contributed by atoms with van der Waals surface area (Å²) >= 11 is 5.35. The molecule has 2 aliphatic heterocycles. The second-order valence-corrected chi connectivity index (χ2v) is 16.2. The van der Waals surface area contributed by atoms with Crippen LogP contribution in [0.1, 0.15) is 18.5 Å². The van der Waals surface area contributed by atoms with Crippen LogP contribution in [0.4, 0.5) is 5.82 Å².